The van der Waals surface area contributed by atoms with Gasteiger partial charge < -0.3 is 9.84 Å². The first-order valence-corrected chi connectivity index (χ1v) is 5.53. The van der Waals surface area contributed by atoms with Gasteiger partial charge in [-0.3, -0.25) is 0 Å². The van der Waals surface area contributed by atoms with Gasteiger partial charge in [-0.25, -0.2) is 0 Å². The lowest BCUT2D eigenvalue weighted by atomic mass is 9.91. The first-order chi connectivity index (χ1) is 6.24. The zero-order valence-corrected chi connectivity index (χ0v) is 8.83. The summed E-state index contributed by atoms with van der Waals surface area (Å²) in [5, 5.41) is 9.49. The van der Waals surface area contributed by atoms with Crippen molar-refractivity contribution < 1.29 is 9.84 Å². The number of hydrogen-bond donors (Lipinski definition) is 1. The van der Waals surface area contributed by atoms with Crippen molar-refractivity contribution in [2.75, 3.05) is 6.61 Å². The van der Waals surface area contributed by atoms with E-state index in [-0.39, 0.29) is 6.10 Å². The van der Waals surface area contributed by atoms with Gasteiger partial charge >= 0.3 is 0 Å². The minimum absolute atomic E-state index is 0.185. The minimum Gasteiger partial charge on any atom is -0.393 e. The average Bonchev–Trinajstić information content (AvgIpc) is 2.15. The van der Waals surface area contributed by atoms with Gasteiger partial charge in [-0.1, -0.05) is 13.3 Å². The molecular weight excluding hydrogens is 164 g/mol. The minimum atomic E-state index is -0.185. The second-order valence-electron chi connectivity index (χ2n) is 4.13. The standard InChI is InChI=1S/C11H22O2/c1-3-10(9(2)12)8-11-6-4-5-7-13-11/h9-12H,3-8H2,1-2H3. The Morgan fingerprint density at radius 2 is 2.23 bits per heavy atom. The lowest BCUT2D eigenvalue weighted by Crippen LogP contribution is -2.26. The summed E-state index contributed by atoms with van der Waals surface area (Å²) in [5.74, 6) is 0.420. The van der Waals surface area contributed by atoms with Crippen LogP contribution in [0.25, 0.3) is 0 Å². The Morgan fingerprint density at radius 1 is 1.46 bits per heavy atom. The quantitative estimate of drug-likeness (QED) is 0.730. The van der Waals surface area contributed by atoms with Crippen molar-refractivity contribution in [3.8, 4) is 0 Å². The summed E-state index contributed by atoms with van der Waals surface area (Å²) in [6.07, 6.45) is 6.00. The number of aliphatic hydroxyl groups is 1. The van der Waals surface area contributed by atoms with Gasteiger partial charge in [-0.05, 0) is 38.5 Å². The SMILES string of the molecule is CCC(CC1CCCCO1)C(C)O. The van der Waals surface area contributed by atoms with Gasteiger partial charge in [0, 0.05) is 6.61 Å². The van der Waals surface area contributed by atoms with Crippen LogP contribution in [0.3, 0.4) is 0 Å². The second-order valence-corrected chi connectivity index (χ2v) is 4.13. The van der Waals surface area contributed by atoms with Crippen molar-refractivity contribution in [3.05, 3.63) is 0 Å². The number of rotatable bonds is 4. The molecular formula is C11H22O2. The van der Waals surface area contributed by atoms with E-state index in [2.05, 4.69) is 6.92 Å². The Bertz CT molecular complexity index is 128. The van der Waals surface area contributed by atoms with E-state index in [0.29, 0.717) is 12.0 Å². The molecule has 3 atom stereocenters. The van der Waals surface area contributed by atoms with Crippen LogP contribution < -0.4 is 0 Å². The third kappa shape index (κ3) is 3.65. The molecule has 2 heteroatoms. The van der Waals surface area contributed by atoms with Crippen LogP contribution in [0.1, 0.15) is 46.0 Å². The van der Waals surface area contributed by atoms with Crippen molar-refractivity contribution in [1.29, 1.82) is 0 Å². The fraction of sp³-hybridized carbons (Fsp3) is 1.00. The van der Waals surface area contributed by atoms with Crippen molar-refractivity contribution in [3.63, 3.8) is 0 Å². The fourth-order valence-corrected chi connectivity index (χ4v) is 2.04. The van der Waals surface area contributed by atoms with Crippen LogP contribution >= 0.6 is 0 Å². The highest BCUT2D eigenvalue weighted by molar-refractivity contribution is 4.71. The predicted octanol–water partition coefficient (Wildman–Crippen LogP) is 2.35. The molecule has 0 aromatic heterocycles. The van der Waals surface area contributed by atoms with Crippen molar-refractivity contribution in [2.45, 2.75) is 58.2 Å². The van der Waals surface area contributed by atoms with Crippen LogP contribution in [0.4, 0.5) is 0 Å². The lowest BCUT2D eigenvalue weighted by Gasteiger charge is -2.27. The molecule has 1 N–H and O–H groups in total. The molecule has 3 unspecified atom stereocenters. The van der Waals surface area contributed by atoms with Gasteiger partial charge in [0.15, 0.2) is 0 Å². The highest BCUT2D eigenvalue weighted by Crippen LogP contribution is 2.23. The average molecular weight is 186 g/mol. The normalized spacial score (nSPS) is 28.4. The summed E-state index contributed by atoms with van der Waals surface area (Å²) in [7, 11) is 0. The van der Waals surface area contributed by atoms with Crippen LogP contribution in [-0.2, 0) is 4.74 Å². The molecule has 0 bridgehead atoms. The van der Waals surface area contributed by atoms with Crippen LogP contribution in [0.15, 0.2) is 0 Å². The van der Waals surface area contributed by atoms with E-state index in [1.807, 2.05) is 6.92 Å². The monoisotopic (exact) mass is 186 g/mol. The van der Waals surface area contributed by atoms with Gasteiger partial charge in [-0.15, -0.1) is 0 Å². The van der Waals surface area contributed by atoms with Crippen LogP contribution in [0.2, 0.25) is 0 Å². The van der Waals surface area contributed by atoms with E-state index >= 15 is 0 Å². The Kier molecular flexibility index (Phi) is 4.74. The van der Waals surface area contributed by atoms with Gasteiger partial charge in [0.1, 0.15) is 0 Å². The van der Waals surface area contributed by atoms with E-state index in [4.69, 9.17) is 4.74 Å². The molecule has 13 heavy (non-hydrogen) atoms. The summed E-state index contributed by atoms with van der Waals surface area (Å²) >= 11 is 0. The number of ether oxygens (including phenoxy) is 1. The maximum absolute atomic E-state index is 9.49. The van der Waals surface area contributed by atoms with E-state index in [1.54, 1.807) is 0 Å². The molecule has 78 valence electrons. The predicted molar refractivity (Wildman–Crippen MR) is 53.7 cm³/mol. The van der Waals surface area contributed by atoms with E-state index in [0.717, 1.165) is 19.4 Å². The molecule has 0 saturated carbocycles. The summed E-state index contributed by atoms with van der Waals surface area (Å²) < 4.78 is 5.65. The molecule has 1 fully saturated rings. The molecule has 0 aliphatic carbocycles. The summed E-state index contributed by atoms with van der Waals surface area (Å²) in [4.78, 5) is 0. The van der Waals surface area contributed by atoms with Crippen molar-refractivity contribution in [2.24, 2.45) is 5.92 Å². The van der Waals surface area contributed by atoms with Gasteiger partial charge in [0.2, 0.25) is 0 Å². The third-order valence-corrected chi connectivity index (χ3v) is 3.05. The Hall–Kier alpha value is -0.0800. The molecule has 1 aliphatic rings. The molecule has 2 nitrogen and oxygen atoms in total. The van der Waals surface area contributed by atoms with Crippen LogP contribution in [0.5, 0.6) is 0 Å². The molecule has 1 saturated heterocycles. The molecule has 0 radical (unpaired) electrons. The summed E-state index contributed by atoms with van der Waals surface area (Å²) in [5.41, 5.74) is 0. The molecule has 0 aromatic rings. The first-order valence-electron chi connectivity index (χ1n) is 5.53. The lowest BCUT2D eigenvalue weighted by molar-refractivity contribution is -0.0141. The second kappa shape index (κ2) is 5.61. The summed E-state index contributed by atoms with van der Waals surface area (Å²) in [6, 6.07) is 0. The zero-order chi connectivity index (χ0) is 9.68. The molecule has 0 spiro atoms. The molecule has 1 heterocycles. The van der Waals surface area contributed by atoms with Gasteiger partial charge in [-0.2, -0.15) is 0 Å². The van der Waals surface area contributed by atoms with Gasteiger partial charge in [0.05, 0.1) is 12.2 Å². The molecule has 1 aliphatic heterocycles. The molecule has 1 rings (SSSR count). The van der Waals surface area contributed by atoms with E-state index < -0.39 is 0 Å². The third-order valence-electron chi connectivity index (χ3n) is 3.05. The molecule has 0 amide bonds. The van der Waals surface area contributed by atoms with E-state index in [1.165, 1.54) is 19.3 Å². The highest BCUT2D eigenvalue weighted by atomic mass is 16.5. The van der Waals surface area contributed by atoms with Crippen LogP contribution in [-0.4, -0.2) is 23.9 Å². The topological polar surface area (TPSA) is 29.5 Å². The van der Waals surface area contributed by atoms with Gasteiger partial charge in [0.25, 0.3) is 0 Å². The Labute approximate surface area is 81.3 Å². The Morgan fingerprint density at radius 3 is 2.69 bits per heavy atom. The Balaban J connectivity index is 2.27. The van der Waals surface area contributed by atoms with Crippen molar-refractivity contribution >= 4 is 0 Å². The number of hydrogen-bond acceptors (Lipinski definition) is 2. The largest absolute Gasteiger partial charge is 0.393 e. The smallest absolute Gasteiger partial charge is 0.0578 e. The van der Waals surface area contributed by atoms with Crippen LogP contribution in [0, 0.1) is 5.92 Å². The summed E-state index contributed by atoms with van der Waals surface area (Å²) in [6.45, 7) is 4.94. The zero-order valence-electron chi connectivity index (χ0n) is 8.83. The van der Waals surface area contributed by atoms with E-state index in [9.17, 15) is 5.11 Å². The highest BCUT2D eigenvalue weighted by Gasteiger charge is 2.21. The number of aliphatic hydroxyl groups excluding tert-OH is 1. The molecule has 0 aromatic carbocycles. The first kappa shape index (κ1) is 11.0. The fourth-order valence-electron chi connectivity index (χ4n) is 2.04. The maximum atomic E-state index is 9.49. The maximum Gasteiger partial charge on any atom is 0.0578 e. The van der Waals surface area contributed by atoms with Crippen molar-refractivity contribution in [1.82, 2.24) is 0 Å².